The molecule has 0 spiro atoms. The quantitative estimate of drug-likeness (QED) is 0.341. The van der Waals surface area contributed by atoms with Gasteiger partial charge in [-0.25, -0.2) is 14.7 Å². The maximum Gasteiger partial charge on any atom is 0.435 e. The van der Waals surface area contributed by atoms with Crippen LogP contribution < -0.4 is 10.1 Å². The van der Waals surface area contributed by atoms with E-state index in [-0.39, 0.29) is 23.7 Å². The van der Waals surface area contributed by atoms with Crippen molar-refractivity contribution in [1.29, 1.82) is 0 Å². The van der Waals surface area contributed by atoms with Crippen molar-refractivity contribution in [2.75, 3.05) is 20.2 Å². The molecule has 11 heteroatoms. The predicted molar refractivity (Wildman–Crippen MR) is 134 cm³/mol. The predicted octanol–water partition coefficient (Wildman–Crippen LogP) is 4.85. The molecule has 0 unspecified atom stereocenters. The first-order valence-electron chi connectivity index (χ1n) is 11.6. The Balaban J connectivity index is 1.67. The molecule has 0 atom stereocenters. The number of alkyl halides is 3. The molecule has 1 aromatic carbocycles. The highest BCUT2D eigenvalue weighted by molar-refractivity contribution is 5.82. The van der Waals surface area contributed by atoms with Crippen LogP contribution in [0.5, 0.6) is 5.88 Å². The number of aromatic nitrogens is 3. The average Bonchev–Trinajstić information content (AvgIpc) is 3.28. The molecule has 0 bridgehead atoms. The Morgan fingerprint density at radius 3 is 2.38 bits per heavy atom. The average molecular weight is 518 g/mol. The van der Waals surface area contributed by atoms with Crippen LogP contribution in [0.3, 0.4) is 0 Å². The van der Waals surface area contributed by atoms with Crippen molar-refractivity contribution in [3.8, 4) is 22.8 Å². The third-order valence-electron chi connectivity index (χ3n) is 5.06. The zero-order chi connectivity index (χ0) is 27.2. The molecule has 3 rings (SSSR count). The first-order chi connectivity index (χ1) is 17.4. The molecule has 1 N–H and O–H groups in total. The number of nitrogens with zero attached hydrogens (tertiary/aromatic N) is 4. The van der Waals surface area contributed by atoms with Crippen molar-refractivity contribution in [3.05, 3.63) is 59.9 Å². The summed E-state index contributed by atoms with van der Waals surface area (Å²) < 4.78 is 52.0. The summed E-state index contributed by atoms with van der Waals surface area (Å²) in [4.78, 5) is 20.2. The van der Waals surface area contributed by atoms with E-state index in [0.29, 0.717) is 36.0 Å². The van der Waals surface area contributed by atoms with Crippen molar-refractivity contribution in [2.45, 2.75) is 45.9 Å². The second-order valence-corrected chi connectivity index (χ2v) is 9.23. The minimum Gasteiger partial charge on any atom is -0.481 e. The van der Waals surface area contributed by atoms with Gasteiger partial charge in [0.05, 0.1) is 24.7 Å². The zero-order valence-corrected chi connectivity index (χ0v) is 21.4. The van der Waals surface area contributed by atoms with Gasteiger partial charge in [-0.2, -0.15) is 18.3 Å². The Morgan fingerprint density at radius 1 is 1.11 bits per heavy atom. The molecule has 198 valence electrons. The van der Waals surface area contributed by atoms with Crippen molar-refractivity contribution in [2.24, 2.45) is 4.99 Å². The molecule has 2 aromatic heterocycles. The molecular weight excluding hydrogens is 487 g/mol. The topological polar surface area (TPSA) is 90.6 Å². The van der Waals surface area contributed by atoms with E-state index in [2.05, 4.69) is 20.4 Å². The number of pyridine rings is 1. The van der Waals surface area contributed by atoms with Gasteiger partial charge in [-0.05, 0) is 44.9 Å². The van der Waals surface area contributed by atoms with Gasteiger partial charge in [-0.3, -0.25) is 4.79 Å². The van der Waals surface area contributed by atoms with E-state index >= 15 is 0 Å². The van der Waals surface area contributed by atoms with E-state index in [4.69, 9.17) is 9.47 Å². The van der Waals surface area contributed by atoms with E-state index in [1.807, 2.05) is 20.8 Å². The highest BCUT2D eigenvalue weighted by Gasteiger charge is 2.35. The molecular formula is C26H30F3N5O3. The highest BCUT2D eigenvalue weighted by Crippen LogP contribution is 2.33. The van der Waals surface area contributed by atoms with Crippen LogP contribution in [0.1, 0.15) is 39.0 Å². The fraction of sp³-hybridized carbons (Fsp3) is 0.385. The maximum absolute atomic E-state index is 13.4. The van der Waals surface area contributed by atoms with Gasteiger partial charge in [0.2, 0.25) is 11.8 Å². The fourth-order valence-corrected chi connectivity index (χ4v) is 3.44. The van der Waals surface area contributed by atoms with Gasteiger partial charge in [-0.1, -0.05) is 24.3 Å². The molecule has 0 saturated heterocycles. The number of rotatable bonds is 8. The maximum atomic E-state index is 13.4. The first-order valence-corrected chi connectivity index (χ1v) is 11.6. The monoisotopic (exact) mass is 517 g/mol. The van der Waals surface area contributed by atoms with Crippen LogP contribution in [-0.2, 0) is 22.1 Å². The number of ether oxygens (including phenoxy) is 2. The van der Waals surface area contributed by atoms with Crippen molar-refractivity contribution >= 4 is 11.8 Å². The lowest BCUT2D eigenvalue weighted by molar-refractivity contribution is -0.141. The molecule has 37 heavy (non-hydrogen) atoms. The number of nitrogens with one attached hydrogen (secondary N) is 1. The van der Waals surface area contributed by atoms with Gasteiger partial charge in [0, 0.05) is 25.1 Å². The Bertz CT molecular complexity index is 1230. The largest absolute Gasteiger partial charge is 0.481 e. The van der Waals surface area contributed by atoms with Gasteiger partial charge in [-0.15, -0.1) is 0 Å². The van der Waals surface area contributed by atoms with E-state index in [1.165, 1.54) is 18.0 Å². The Hall–Kier alpha value is -3.89. The van der Waals surface area contributed by atoms with Gasteiger partial charge >= 0.3 is 6.18 Å². The summed E-state index contributed by atoms with van der Waals surface area (Å²) in [5.41, 5.74) is 0.709. The van der Waals surface area contributed by atoms with Gasteiger partial charge in [0.25, 0.3) is 0 Å². The molecule has 1 amide bonds. The molecule has 0 aliphatic heterocycles. The molecule has 2 heterocycles. The number of hydrogen-bond donors (Lipinski definition) is 1. The zero-order valence-electron chi connectivity index (χ0n) is 21.4. The normalized spacial score (nSPS) is 12.4. The second-order valence-electron chi connectivity index (χ2n) is 9.23. The van der Waals surface area contributed by atoms with Crippen LogP contribution in [-0.4, -0.2) is 52.4 Å². The summed E-state index contributed by atoms with van der Waals surface area (Å²) in [6, 6.07) is 11.2. The number of aliphatic imine (C=N–C) groups is 1. The number of carbonyl (C=O) groups excluding carboxylic acids is 1. The number of carbonyl (C=O) groups is 1. The molecule has 8 nitrogen and oxygen atoms in total. The Labute approximate surface area is 213 Å². The lowest BCUT2D eigenvalue weighted by Crippen LogP contribution is -2.29. The molecule has 0 aliphatic carbocycles. The number of benzene rings is 1. The summed E-state index contributed by atoms with van der Waals surface area (Å²) in [7, 11) is 1.45. The fourth-order valence-electron chi connectivity index (χ4n) is 3.44. The van der Waals surface area contributed by atoms with Crippen molar-refractivity contribution < 1.29 is 27.4 Å². The van der Waals surface area contributed by atoms with E-state index < -0.39 is 11.9 Å². The summed E-state index contributed by atoms with van der Waals surface area (Å²) in [6.45, 7) is 7.76. The lowest BCUT2D eigenvalue weighted by Gasteiger charge is -2.20. The summed E-state index contributed by atoms with van der Waals surface area (Å²) >= 11 is 0. The van der Waals surface area contributed by atoms with Gasteiger partial charge in [0.1, 0.15) is 12.1 Å². The lowest BCUT2D eigenvalue weighted by atomic mass is 10.1. The van der Waals surface area contributed by atoms with E-state index in [9.17, 15) is 18.0 Å². The van der Waals surface area contributed by atoms with Gasteiger partial charge in [0.15, 0.2) is 11.6 Å². The standard InChI is InChI=1S/C26H30F3N5O3/c1-17(37-25(2,3)4)31-16-23(35)30-13-12-18-6-8-19(9-7-18)21-14-22(26(27,28)29)33-34(21)20-10-11-24(36-5)32-15-20/h6-11,14-15H,12-13,16H2,1-5H3,(H,30,35). The van der Waals surface area contributed by atoms with Crippen LogP contribution in [0, 0.1) is 0 Å². The first kappa shape index (κ1) is 27.7. The van der Waals surface area contributed by atoms with Crippen LogP contribution >= 0.6 is 0 Å². The third-order valence-corrected chi connectivity index (χ3v) is 5.06. The number of amides is 1. The molecule has 0 radical (unpaired) electrons. The van der Waals surface area contributed by atoms with E-state index in [1.54, 1.807) is 43.3 Å². The second kappa shape index (κ2) is 11.4. The number of methoxy groups -OCH3 is 1. The Morgan fingerprint density at radius 2 is 1.81 bits per heavy atom. The van der Waals surface area contributed by atoms with Crippen LogP contribution in [0.15, 0.2) is 53.7 Å². The SMILES string of the molecule is COc1ccc(-n2nc(C(F)(F)F)cc2-c2ccc(CCNC(=O)CN=C(C)OC(C)(C)C)cc2)cn1. The van der Waals surface area contributed by atoms with Crippen molar-refractivity contribution in [3.63, 3.8) is 0 Å². The molecule has 0 fully saturated rings. The molecule has 0 aliphatic rings. The summed E-state index contributed by atoms with van der Waals surface area (Å²) in [6.07, 6.45) is -2.66. The van der Waals surface area contributed by atoms with Crippen LogP contribution in [0.25, 0.3) is 16.9 Å². The number of halogens is 3. The summed E-state index contributed by atoms with van der Waals surface area (Å²) in [5, 5.41) is 6.57. The highest BCUT2D eigenvalue weighted by atomic mass is 19.4. The third kappa shape index (κ3) is 8.06. The van der Waals surface area contributed by atoms with Crippen LogP contribution in [0.4, 0.5) is 13.2 Å². The summed E-state index contributed by atoms with van der Waals surface area (Å²) in [5.74, 6) is 0.548. The van der Waals surface area contributed by atoms with Crippen LogP contribution in [0.2, 0.25) is 0 Å². The smallest absolute Gasteiger partial charge is 0.435 e. The minimum absolute atomic E-state index is 0.0351. The van der Waals surface area contributed by atoms with Crippen molar-refractivity contribution in [1.82, 2.24) is 20.1 Å². The molecule has 0 saturated carbocycles. The Kier molecular flexibility index (Phi) is 8.57. The number of hydrogen-bond acceptors (Lipinski definition) is 6. The molecule has 3 aromatic rings. The minimum atomic E-state index is -4.60. The van der Waals surface area contributed by atoms with Gasteiger partial charge < -0.3 is 14.8 Å². The van der Waals surface area contributed by atoms with E-state index in [0.717, 1.165) is 11.6 Å².